The molecule has 1 aromatic rings. The number of hydrogen-bond acceptors (Lipinski definition) is 5. The Bertz CT molecular complexity index is 542. The summed E-state index contributed by atoms with van der Waals surface area (Å²) in [5.41, 5.74) is -1.52. The molecule has 114 valence electrons. The van der Waals surface area contributed by atoms with E-state index in [1.54, 1.807) is 24.3 Å². The summed E-state index contributed by atoms with van der Waals surface area (Å²) in [6.45, 7) is 1.22. The summed E-state index contributed by atoms with van der Waals surface area (Å²) >= 11 is 0. The van der Waals surface area contributed by atoms with Crippen LogP contribution in [0.4, 0.5) is 0 Å². The second-order valence-corrected chi connectivity index (χ2v) is 5.15. The fourth-order valence-corrected chi connectivity index (χ4v) is 1.93. The smallest absolute Gasteiger partial charge is 0.306 e. The van der Waals surface area contributed by atoms with Crippen molar-refractivity contribution in [3.8, 4) is 11.5 Å². The number of ether oxygens (including phenoxy) is 2. The highest BCUT2D eigenvalue weighted by molar-refractivity contribution is 5.82. The summed E-state index contributed by atoms with van der Waals surface area (Å²) in [6.07, 6.45) is -1.29. The highest BCUT2D eigenvalue weighted by atomic mass is 16.6. The monoisotopic (exact) mass is 295 g/mol. The first-order valence-electron chi connectivity index (χ1n) is 6.48. The topological polar surface area (TPSA) is 105 Å². The molecule has 0 bridgehead atoms. The van der Waals surface area contributed by atoms with Gasteiger partial charge in [0.25, 0.3) is 5.91 Å². The molecule has 0 radical (unpaired) electrons. The molecule has 1 aromatic carbocycles. The average Bonchev–Trinajstić information content (AvgIpc) is 2.43. The minimum Gasteiger partial charge on any atom is -0.485 e. The van der Waals surface area contributed by atoms with Gasteiger partial charge in [-0.15, -0.1) is 0 Å². The summed E-state index contributed by atoms with van der Waals surface area (Å²) in [5, 5.41) is 20.9. The summed E-state index contributed by atoms with van der Waals surface area (Å²) in [7, 11) is 0. The van der Waals surface area contributed by atoms with Crippen LogP contribution >= 0.6 is 0 Å². The van der Waals surface area contributed by atoms with E-state index in [1.807, 2.05) is 0 Å². The van der Waals surface area contributed by atoms with Gasteiger partial charge in [-0.25, -0.2) is 0 Å². The zero-order valence-electron chi connectivity index (χ0n) is 11.5. The van der Waals surface area contributed by atoms with E-state index in [0.29, 0.717) is 11.5 Å². The lowest BCUT2D eigenvalue weighted by Gasteiger charge is -2.27. The van der Waals surface area contributed by atoms with Crippen LogP contribution in [0.1, 0.15) is 13.3 Å². The van der Waals surface area contributed by atoms with E-state index < -0.39 is 30.0 Å². The molecule has 0 saturated heterocycles. The minimum atomic E-state index is -1.52. The van der Waals surface area contributed by atoms with Crippen LogP contribution in [-0.2, 0) is 9.59 Å². The molecule has 0 saturated carbocycles. The van der Waals surface area contributed by atoms with E-state index in [2.05, 4.69) is 5.32 Å². The van der Waals surface area contributed by atoms with E-state index in [1.165, 1.54) is 6.92 Å². The number of aliphatic carboxylic acids is 1. The number of carboxylic acids is 1. The van der Waals surface area contributed by atoms with E-state index in [4.69, 9.17) is 14.6 Å². The number of amides is 1. The Morgan fingerprint density at radius 1 is 1.38 bits per heavy atom. The molecule has 2 rings (SSSR count). The molecule has 2 atom stereocenters. The Morgan fingerprint density at radius 3 is 2.71 bits per heavy atom. The van der Waals surface area contributed by atoms with Gasteiger partial charge in [0.2, 0.25) is 6.10 Å². The van der Waals surface area contributed by atoms with Crippen molar-refractivity contribution in [2.45, 2.75) is 25.0 Å². The third-order valence-electron chi connectivity index (χ3n) is 2.98. The molecular formula is C14H17NO6. The summed E-state index contributed by atoms with van der Waals surface area (Å²) in [4.78, 5) is 22.5. The van der Waals surface area contributed by atoms with Crippen LogP contribution in [0.25, 0.3) is 0 Å². The van der Waals surface area contributed by atoms with Crippen LogP contribution < -0.4 is 14.8 Å². The Balaban J connectivity index is 1.89. The highest BCUT2D eigenvalue weighted by Crippen LogP contribution is 2.30. The van der Waals surface area contributed by atoms with Crippen LogP contribution in [0.5, 0.6) is 11.5 Å². The van der Waals surface area contributed by atoms with E-state index >= 15 is 0 Å². The lowest BCUT2D eigenvalue weighted by atomic mass is 10.0. The molecule has 7 heteroatoms. The predicted molar refractivity (Wildman–Crippen MR) is 72.2 cm³/mol. The molecule has 0 fully saturated rings. The lowest BCUT2D eigenvalue weighted by molar-refractivity contribution is -0.143. The van der Waals surface area contributed by atoms with Crippen LogP contribution in [-0.4, -0.2) is 46.9 Å². The molecule has 21 heavy (non-hydrogen) atoms. The van der Waals surface area contributed by atoms with Crippen molar-refractivity contribution in [1.82, 2.24) is 5.32 Å². The van der Waals surface area contributed by atoms with Gasteiger partial charge in [-0.05, 0) is 19.1 Å². The SMILES string of the molecule is CC(O)(CNC(=O)C1COc2ccccc2O1)CC(=O)O. The Labute approximate surface area is 121 Å². The van der Waals surface area contributed by atoms with Crippen LogP contribution in [0.3, 0.4) is 0 Å². The van der Waals surface area contributed by atoms with Gasteiger partial charge >= 0.3 is 5.97 Å². The Morgan fingerprint density at radius 2 is 2.05 bits per heavy atom. The normalized spacial score (nSPS) is 19.4. The first kappa shape index (κ1) is 15.1. The lowest BCUT2D eigenvalue weighted by Crippen LogP contribution is -2.49. The van der Waals surface area contributed by atoms with Gasteiger partial charge in [0.15, 0.2) is 11.5 Å². The second-order valence-electron chi connectivity index (χ2n) is 5.15. The molecular weight excluding hydrogens is 278 g/mol. The number of carbonyl (C=O) groups is 2. The first-order chi connectivity index (χ1) is 9.87. The third-order valence-corrected chi connectivity index (χ3v) is 2.98. The Hall–Kier alpha value is -2.28. The number of benzene rings is 1. The van der Waals surface area contributed by atoms with Crippen molar-refractivity contribution in [3.05, 3.63) is 24.3 Å². The van der Waals surface area contributed by atoms with Crippen molar-refractivity contribution < 1.29 is 29.3 Å². The van der Waals surface area contributed by atoms with Crippen LogP contribution in [0.2, 0.25) is 0 Å². The third kappa shape index (κ3) is 4.09. The van der Waals surface area contributed by atoms with Crippen molar-refractivity contribution in [3.63, 3.8) is 0 Å². The summed E-state index contributed by atoms with van der Waals surface area (Å²) in [5.74, 6) is -0.559. The highest BCUT2D eigenvalue weighted by Gasteiger charge is 2.30. The largest absolute Gasteiger partial charge is 0.485 e. The maximum absolute atomic E-state index is 12.0. The fraction of sp³-hybridized carbons (Fsp3) is 0.429. The van der Waals surface area contributed by atoms with E-state index in [0.717, 1.165) is 0 Å². The van der Waals surface area contributed by atoms with Gasteiger partial charge < -0.3 is 25.0 Å². The average molecular weight is 295 g/mol. The van der Waals surface area contributed by atoms with Crippen LogP contribution in [0, 0.1) is 0 Å². The van der Waals surface area contributed by atoms with Gasteiger partial charge in [0, 0.05) is 6.54 Å². The number of carboxylic acid groups (broad SMARTS) is 1. The van der Waals surface area contributed by atoms with Crippen molar-refractivity contribution in [1.29, 1.82) is 0 Å². The van der Waals surface area contributed by atoms with E-state index in [-0.39, 0.29) is 13.2 Å². The standard InChI is InChI=1S/C14H17NO6/c1-14(19,6-12(16)17)8-15-13(18)11-7-20-9-4-2-3-5-10(9)21-11/h2-5,11,19H,6-8H2,1H3,(H,15,18)(H,16,17). The quantitative estimate of drug-likeness (QED) is 0.715. The number of carbonyl (C=O) groups excluding carboxylic acids is 1. The van der Waals surface area contributed by atoms with Crippen LogP contribution in [0.15, 0.2) is 24.3 Å². The number of nitrogens with one attached hydrogen (secondary N) is 1. The molecule has 1 heterocycles. The number of rotatable bonds is 5. The molecule has 0 aliphatic carbocycles. The molecule has 1 aliphatic heterocycles. The van der Waals surface area contributed by atoms with Gasteiger partial charge in [-0.3, -0.25) is 9.59 Å². The summed E-state index contributed by atoms with van der Waals surface area (Å²) < 4.78 is 10.9. The van der Waals surface area contributed by atoms with Crippen molar-refractivity contribution >= 4 is 11.9 Å². The number of para-hydroxylation sites is 2. The number of hydrogen-bond donors (Lipinski definition) is 3. The maximum Gasteiger partial charge on any atom is 0.306 e. The molecule has 2 unspecified atom stereocenters. The van der Waals surface area contributed by atoms with Gasteiger partial charge in [-0.2, -0.15) is 0 Å². The summed E-state index contributed by atoms with van der Waals surface area (Å²) in [6, 6.07) is 6.99. The molecule has 7 nitrogen and oxygen atoms in total. The minimum absolute atomic E-state index is 0.0594. The van der Waals surface area contributed by atoms with E-state index in [9.17, 15) is 14.7 Å². The molecule has 1 aliphatic rings. The molecule has 1 amide bonds. The number of aliphatic hydroxyl groups is 1. The zero-order valence-corrected chi connectivity index (χ0v) is 11.5. The Kier molecular flexibility index (Phi) is 4.32. The van der Waals surface area contributed by atoms with Gasteiger partial charge in [0.05, 0.1) is 12.0 Å². The van der Waals surface area contributed by atoms with Crippen molar-refractivity contribution in [2.24, 2.45) is 0 Å². The second kappa shape index (κ2) is 6.01. The molecule has 0 aromatic heterocycles. The fourth-order valence-electron chi connectivity index (χ4n) is 1.93. The maximum atomic E-state index is 12.0. The molecule has 3 N–H and O–H groups in total. The first-order valence-corrected chi connectivity index (χ1v) is 6.48. The number of fused-ring (bicyclic) bond motifs is 1. The predicted octanol–water partition coefficient (Wildman–Crippen LogP) is 0.168. The van der Waals surface area contributed by atoms with Gasteiger partial charge in [0.1, 0.15) is 6.61 Å². The van der Waals surface area contributed by atoms with Crippen molar-refractivity contribution in [2.75, 3.05) is 13.2 Å². The van der Waals surface area contributed by atoms with Gasteiger partial charge in [-0.1, -0.05) is 12.1 Å². The zero-order chi connectivity index (χ0) is 15.5. The molecule has 0 spiro atoms.